The van der Waals surface area contributed by atoms with Crippen LogP contribution in [0.2, 0.25) is 0 Å². The van der Waals surface area contributed by atoms with Crippen LogP contribution in [0.1, 0.15) is 58.4 Å². The number of para-hydroxylation sites is 1. The molecule has 164 valence electrons. The lowest BCUT2D eigenvalue weighted by atomic mass is 9.99. The normalized spacial score (nSPS) is 15.6. The van der Waals surface area contributed by atoms with Gasteiger partial charge in [0.2, 0.25) is 5.91 Å². The van der Waals surface area contributed by atoms with Gasteiger partial charge >= 0.3 is 0 Å². The number of carbonyl (C=O) groups excluding carboxylic acids is 2. The van der Waals surface area contributed by atoms with Crippen LogP contribution in [-0.2, 0) is 17.8 Å². The van der Waals surface area contributed by atoms with Gasteiger partial charge in [0.1, 0.15) is 0 Å². The van der Waals surface area contributed by atoms with Gasteiger partial charge in [0, 0.05) is 35.3 Å². The van der Waals surface area contributed by atoms with Crippen molar-refractivity contribution >= 4 is 22.7 Å². The van der Waals surface area contributed by atoms with Crippen molar-refractivity contribution in [2.45, 2.75) is 64.6 Å². The topological polar surface area (TPSA) is 62.3 Å². The summed E-state index contributed by atoms with van der Waals surface area (Å²) in [4.78, 5) is 32.4. The number of nitrogens with zero attached hydrogens (tertiary/aromatic N) is 2. The number of carbonyl (C=O) groups is 2. The first-order chi connectivity index (χ1) is 15.5. The maximum Gasteiger partial charge on any atom is 0.251 e. The summed E-state index contributed by atoms with van der Waals surface area (Å²) in [7, 11) is 0. The number of fused-ring (bicyclic) bond motifs is 1. The molecule has 2 fully saturated rings. The highest BCUT2D eigenvalue weighted by atomic mass is 16.2. The van der Waals surface area contributed by atoms with Gasteiger partial charge in [-0.1, -0.05) is 30.3 Å². The van der Waals surface area contributed by atoms with Crippen LogP contribution in [-0.4, -0.2) is 33.8 Å². The average Bonchev–Trinajstić information content (AvgIpc) is 3.70. The second-order valence-electron chi connectivity index (χ2n) is 9.19. The largest absolute Gasteiger partial charge is 0.349 e. The van der Waals surface area contributed by atoms with Gasteiger partial charge < -0.3 is 10.2 Å². The molecule has 2 aliphatic rings. The smallest absolute Gasteiger partial charge is 0.251 e. The summed E-state index contributed by atoms with van der Waals surface area (Å²) >= 11 is 0. The van der Waals surface area contributed by atoms with Gasteiger partial charge in [-0.15, -0.1) is 0 Å². The Kier molecular flexibility index (Phi) is 5.41. The van der Waals surface area contributed by atoms with Crippen LogP contribution >= 0.6 is 0 Å². The number of hydrogen-bond acceptors (Lipinski definition) is 3. The van der Waals surface area contributed by atoms with Crippen molar-refractivity contribution in [1.29, 1.82) is 0 Å². The third kappa shape index (κ3) is 4.38. The molecule has 32 heavy (non-hydrogen) atoms. The number of nitrogens with one attached hydrogen (secondary N) is 1. The summed E-state index contributed by atoms with van der Waals surface area (Å²) in [6.07, 6.45) is 4.64. The minimum atomic E-state index is -0.0103. The van der Waals surface area contributed by atoms with Crippen LogP contribution < -0.4 is 5.32 Å². The fourth-order valence-electron chi connectivity index (χ4n) is 4.35. The van der Waals surface area contributed by atoms with E-state index in [0.29, 0.717) is 30.6 Å². The molecule has 1 aromatic heterocycles. The number of hydrogen-bond donors (Lipinski definition) is 1. The van der Waals surface area contributed by atoms with Crippen LogP contribution in [0.4, 0.5) is 0 Å². The van der Waals surface area contributed by atoms with E-state index in [2.05, 4.69) is 18.3 Å². The van der Waals surface area contributed by atoms with Crippen molar-refractivity contribution in [2.24, 2.45) is 0 Å². The maximum atomic E-state index is 13.4. The summed E-state index contributed by atoms with van der Waals surface area (Å²) in [5.41, 5.74) is 5.81. The van der Waals surface area contributed by atoms with Crippen LogP contribution in [0.5, 0.6) is 0 Å². The first kappa shape index (κ1) is 20.7. The van der Waals surface area contributed by atoms with Crippen molar-refractivity contribution in [1.82, 2.24) is 15.2 Å². The molecule has 5 rings (SSSR count). The lowest BCUT2D eigenvalue weighted by Gasteiger charge is -2.24. The minimum absolute atomic E-state index is 0.0103. The van der Waals surface area contributed by atoms with E-state index < -0.39 is 0 Å². The molecule has 2 aromatic carbocycles. The fraction of sp³-hybridized carbons (Fsp3) is 0.370. The molecular formula is C27H29N3O2. The van der Waals surface area contributed by atoms with Crippen molar-refractivity contribution in [3.63, 3.8) is 0 Å². The van der Waals surface area contributed by atoms with E-state index in [4.69, 9.17) is 4.98 Å². The second kappa shape index (κ2) is 8.38. The second-order valence-corrected chi connectivity index (χ2v) is 9.19. The molecular weight excluding hydrogens is 398 g/mol. The van der Waals surface area contributed by atoms with E-state index in [1.165, 1.54) is 0 Å². The van der Waals surface area contributed by atoms with Gasteiger partial charge in [-0.3, -0.25) is 14.6 Å². The Hall–Kier alpha value is -3.21. The Balaban J connectivity index is 1.32. The van der Waals surface area contributed by atoms with Crippen LogP contribution in [0.15, 0.2) is 48.5 Å². The van der Waals surface area contributed by atoms with Gasteiger partial charge in [0.05, 0.1) is 11.9 Å². The third-order valence-electron chi connectivity index (χ3n) is 6.60. The van der Waals surface area contributed by atoms with Crippen molar-refractivity contribution in [2.75, 3.05) is 0 Å². The summed E-state index contributed by atoms with van der Waals surface area (Å²) in [5, 5.41) is 4.13. The lowest BCUT2D eigenvalue weighted by Crippen LogP contribution is -2.34. The Morgan fingerprint density at radius 3 is 2.41 bits per heavy atom. The molecule has 2 aliphatic carbocycles. The number of rotatable bonds is 7. The van der Waals surface area contributed by atoms with Crippen LogP contribution in [0.3, 0.4) is 0 Å². The molecule has 0 radical (unpaired) electrons. The predicted octanol–water partition coefficient (Wildman–Crippen LogP) is 4.48. The highest BCUT2D eigenvalue weighted by Crippen LogP contribution is 2.30. The quantitative estimate of drug-likeness (QED) is 0.605. The van der Waals surface area contributed by atoms with E-state index in [0.717, 1.165) is 59.0 Å². The van der Waals surface area contributed by atoms with Gasteiger partial charge in [-0.25, -0.2) is 0 Å². The molecule has 1 N–H and O–H groups in total. The van der Waals surface area contributed by atoms with E-state index in [9.17, 15) is 9.59 Å². The molecule has 0 spiro atoms. The summed E-state index contributed by atoms with van der Waals surface area (Å²) < 4.78 is 0. The van der Waals surface area contributed by atoms with E-state index in [1.807, 2.05) is 54.3 Å². The first-order valence-corrected chi connectivity index (χ1v) is 11.5. The molecule has 5 nitrogen and oxygen atoms in total. The Morgan fingerprint density at radius 2 is 1.72 bits per heavy atom. The summed E-state index contributed by atoms with van der Waals surface area (Å²) in [6.45, 7) is 4.66. The molecule has 2 saturated carbocycles. The Morgan fingerprint density at radius 1 is 1.00 bits per heavy atom. The number of benzene rings is 2. The molecule has 3 aromatic rings. The van der Waals surface area contributed by atoms with Gasteiger partial charge in [0.25, 0.3) is 5.91 Å². The van der Waals surface area contributed by atoms with Gasteiger partial charge in [0.15, 0.2) is 0 Å². The molecule has 5 heteroatoms. The highest BCUT2D eigenvalue weighted by molar-refractivity contribution is 5.94. The van der Waals surface area contributed by atoms with E-state index in [-0.39, 0.29) is 11.8 Å². The zero-order valence-electron chi connectivity index (χ0n) is 18.7. The predicted molar refractivity (Wildman–Crippen MR) is 125 cm³/mol. The number of aromatic nitrogens is 1. The summed E-state index contributed by atoms with van der Waals surface area (Å²) in [5.74, 6) is 0.135. The molecule has 2 amide bonds. The zero-order valence-corrected chi connectivity index (χ0v) is 18.7. The Labute approximate surface area is 188 Å². The molecule has 0 atom stereocenters. The van der Waals surface area contributed by atoms with Gasteiger partial charge in [-0.2, -0.15) is 0 Å². The monoisotopic (exact) mass is 427 g/mol. The van der Waals surface area contributed by atoms with E-state index in [1.54, 1.807) is 0 Å². The highest BCUT2D eigenvalue weighted by Gasteiger charge is 2.33. The minimum Gasteiger partial charge on any atom is -0.349 e. The summed E-state index contributed by atoms with van der Waals surface area (Å²) in [6, 6.07) is 16.4. The number of amides is 2. The lowest BCUT2D eigenvalue weighted by molar-refractivity contribution is -0.131. The fourth-order valence-corrected chi connectivity index (χ4v) is 4.35. The number of pyridine rings is 1. The van der Waals surface area contributed by atoms with Crippen molar-refractivity contribution in [3.05, 3.63) is 76.5 Å². The van der Waals surface area contributed by atoms with Gasteiger partial charge in [-0.05, 0) is 74.4 Å². The maximum absolute atomic E-state index is 13.4. The third-order valence-corrected chi connectivity index (χ3v) is 6.60. The SMILES string of the molecule is Cc1nc2ccccc2c(C)c1CC(=O)N(Cc1ccc(C(=O)NC2CC2)cc1)C1CC1. The van der Waals surface area contributed by atoms with Crippen LogP contribution in [0.25, 0.3) is 10.9 Å². The molecule has 0 unspecified atom stereocenters. The first-order valence-electron chi connectivity index (χ1n) is 11.5. The van der Waals surface area contributed by atoms with Crippen LogP contribution in [0, 0.1) is 13.8 Å². The van der Waals surface area contributed by atoms with Crippen molar-refractivity contribution < 1.29 is 9.59 Å². The molecule has 1 heterocycles. The Bertz CT molecular complexity index is 1180. The van der Waals surface area contributed by atoms with Crippen molar-refractivity contribution in [3.8, 4) is 0 Å². The average molecular weight is 428 g/mol. The zero-order chi connectivity index (χ0) is 22.2. The standard InChI is InChI=1S/C27H29N3O2/c1-17-23-5-3-4-6-25(23)28-18(2)24(17)15-26(31)30(22-13-14-22)16-19-7-9-20(10-8-19)27(32)29-21-11-12-21/h3-10,21-22H,11-16H2,1-2H3,(H,29,32). The molecule has 0 saturated heterocycles. The van der Waals surface area contributed by atoms with E-state index >= 15 is 0 Å². The molecule has 0 bridgehead atoms. The number of aryl methyl sites for hydroxylation is 2. The molecule has 0 aliphatic heterocycles.